The fourth-order valence-corrected chi connectivity index (χ4v) is 3.23. The van der Waals surface area contributed by atoms with Crippen LogP contribution in [-0.2, 0) is 4.79 Å². The largest absolute Gasteiger partial charge is 0.457 e. The first-order valence-corrected chi connectivity index (χ1v) is 10.3. The summed E-state index contributed by atoms with van der Waals surface area (Å²) in [5, 5.41) is 6.82. The number of nitrogens with one attached hydrogen (secondary N) is 2. The second-order valence-electron chi connectivity index (χ2n) is 7.12. The SMILES string of the molecule is CC#CC(=O)Nc1ccc2ncnc(Nc3ccc(Oc4ccnc(N=CN)c4)c(C)c3)c2c1. The highest BCUT2D eigenvalue weighted by molar-refractivity contribution is 6.05. The van der Waals surface area contributed by atoms with E-state index in [9.17, 15) is 4.79 Å². The van der Waals surface area contributed by atoms with Crippen LogP contribution in [0.15, 0.2) is 66.0 Å². The topological polar surface area (TPSA) is 127 Å². The Morgan fingerprint density at radius 2 is 1.94 bits per heavy atom. The van der Waals surface area contributed by atoms with Crippen LogP contribution in [0.2, 0.25) is 0 Å². The lowest BCUT2D eigenvalue weighted by Gasteiger charge is -2.13. The number of anilines is 3. The number of carbonyl (C=O) groups excluding carboxylic acids is 1. The maximum absolute atomic E-state index is 11.8. The summed E-state index contributed by atoms with van der Waals surface area (Å²) in [7, 11) is 0. The highest BCUT2D eigenvalue weighted by atomic mass is 16.5. The van der Waals surface area contributed by atoms with Gasteiger partial charge in [0.05, 0.1) is 11.9 Å². The van der Waals surface area contributed by atoms with Gasteiger partial charge in [0.2, 0.25) is 0 Å². The monoisotopic (exact) mass is 451 g/mol. The lowest BCUT2D eigenvalue weighted by atomic mass is 10.1. The molecule has 0 fully saturated rings. The molecule has 4 N–H and O–H groups in total. The normalized spacial score (nSPS) is 10.5. The number of aromatic nitrogens is 3. The van der Waals surface area contributed by atoms with E-state index in [0.717, 1.165) is 22.2 Å². The standard InChI is InChI=1S/C25H21N7O2/c1-3-4-24(33)31-18-5-7-21-20(12-18)25(30-15-29-21)32-17-6-8-22(16(2)11-17)34-19-9-10-27-23(13-19)28-14-26/h5-15H,1-2H3,(H,31,33)(H2,26,27,28)(H,29,30,32). The molecule has 2 aromatic heterocycles. The molecule has 168 valence electrons. The number of ether oxygens (including phenoxy) is 1. The van der Waals surface area contributed by atoms with Gasteiger partial charge >= 0.3 is 0 Å². The van der Waals surface area contributed by atoms with Crippen molar-refractivity contribution in [3.63, 3.8) is 0 Å². The van der Waals surface area contributed by atoms with E-state index in [-0.39, 0.29) is 5.91 Å². The summed E-state index contributed by atoms with van der Waals surface area (Å²) in [6.45, 7) is 3.56. The van der Waals surface area contributed by atoms with E-state index in [1.807, 2.05) is 37.3 Å². The van der Waals surface area contributed by atoms with Crippen LogP contribution in [0.4, 0.5) is 23.0 Å². The molecule has 0 aliphatic carbocycles. The van der Waals surface area contributed by atoms with Gasteiger partial charge in [-0.15, -0.1) is 0 Å². The Balaban J connectivity index is 1.57. The molecule has 1 amide bonds. The van der Waals surface area contributed by atoms with E-state index in [4.69, 9.17) is 10.5 Å². The molecule has 2 aromatic carbocycles. The second kappa shape index (κ2) is 10.1. The average Bonchev–Trinajstić information content (AvgIpc) is 2.82. The molecular formula is C25H21N7O2. The molecule has 4 rings (SSSR count). The Morgan fingerprint density at radius 3 is 2.74 bits per heavy atom. The van der Waals surface area contributed by atoms with Crippen molar-refractivity contribution in [1.82, 2.24) is 15.0 Å². The molecule has 9 nitrogen and oxygen atoms in total. The number of hydrogen-bond acceptors (Lipinski definition) is 7. The maximum Gasteiger partial charge on any atom is 0.300 e. The minimum absolute atomic E-state index is 0.379. The number of nitrogens with zero attached hydrogens (tertiary/aromatic N) is 4. The lowest BCUT2D eigenvalue weighted by molar-refractivity contribution is -0.111. The third-order valence-corrected chi connectivity index (χ3v) is 4.72. The molecule has 4 aromatic rings. The molecule has 0 unspecified atom stereocenters. The number of aryl methyl sites for hydroxylation is 1. The number of aliphatic imine (C=N–C) groups is 1. The highest BCUT2D eigenvalue weighted by Crippen LogP contribution is 2.31. The minimum atomic E-state index is -0.379. The molecule has 0 spiro atoms. The summed E-state index contributed by atoms with van der Waals surface area (Å²) in [5.74, 6) is 7.02. The summed E-state index contributed by atoms with van der Waals surface area (Å²) < 4.78 is 5.98. The van der Waals surface area contributed by atoms with E-state index in [1.54, 1.807) is 31.3 Å². The first-order valence-electron chi connectivity index (χ1n) is 10.3. The van der Waals surface area contributed by atoms with Crippen LogP contribution < -0.4 is 21.1 Å². The van der Waals surface area contributed by atoms with Gasteiger partial charge < -0.3 is 21.1 Å². The molecule has 0 saturated carbocycles. The van der Waals surface area contributed by atoms with Crippen molar-refractivity contribution in [3.8, 4) is 23.3 Å². The van der Waals surface area contributed by atoms with Crippen LogP contribution in [0.25, 0.3) is 10.9 Å². The molecule has 0 aliphatic heterocycles. The molecule has 0 atom stereocenters. The number of pyridine rings is 1. The lowest BCUT2D eigenvalue weighted by Crippen LogP contribution is -2.08. The molecule has 2 heterocycles. The average molecular weight is 451 g/mol. The number of hydrogen-bond donors (Lipinski definition) is 3. The highest BCUT2D eigenvalue weighted by Gasteiger charge is 2.09. The predicted octanol–water partition coefficient (Wildman–Crippen LogP) is 4.45. The van der Waals surface area contributed by atoms with Crippen molar-refractivity contribution >= 4 is 46.2 Å². The molecule has 0 aliphatic rings. The fourth-order valence-electron chi connectivity index (χ4n) is 3.23. The van der Waals surface area contributed by atoms with Crippen LogP contribution in [0.5, 0.6) is 11.5 Å². The van der Waals surface area contributed by atoms with E-state index in [0.29, 0.717) is 28.8 Å². The van der Waals surface area contributed by atoms with Crippen LogP contribution in [-0.4, -0.2) is 27.2 Å². The molecular weight excluding hydrogens is 430 g/mol. The van der Waals surface area contributed by atoms with Gasteiger partial charge in [-0.3, -0.25) is 4.79 Å². The fraction of sp³-hybridized carbons (Fsp3) is 0.0800. The van der Waals surface area contributed by atoms with Crippen LogP contribution in [0, 0.1) is 18.8 Å². The third-order valence-electron chi connectivity index (χ3n) is 4.72. The van der Waals surface area contributed by atoms with Gasteiger partial charge in [0, 0.05) is 29.0 Å². The summed E-state index contributed by atoms with van der Waals surface area (Å²) in [6.07, 6.45) is 4.28. The smallest absolute Gasteiger partial charge is 0.300 e. The predicted molar refractivity (Wildman–Crippen MR) is 133 cm³/mol. The number of fused-ring (bicyclic) bond motifs is 1. The van der Waals surface area contributed by atoms with Gasteiger partial charge in [-0.2, -0.15) is 0 Å². The molecule has 34 heavy (non-hydrogen) atoms. The third kappa shape index (κ3) is 5.26. The number of carbonyl (C=O) groups is 1. The second-order valence-corrected chi connectivity index (χ2v) is 7.12. The summed E-state index contributed by atoms with van der Waals surface area (Å²) >= 11 is 0. The van der Waals surface area contributed by atoms with Gasteiger partial charge in [0.15, 0.2) is 5.82 Å². The van der Waals surface area contributed by atoms with Gasteiger partial charge in [0.1, 0.15) is 23.6 Å². The zero-order valence-corrected chi connectivity index (χ0v) is 18.5. The first-order chi connectivity index (χ1) is 16.6. The Bertz CT molecular complexity index is 1450. The quantitative estimate of drug-likeness (QED) is 0.224. The summed E-state index contributed by atoms with van der Waals surface area (Å²) in [5.41, 5.74) is 8.41. The summed E-state index contributed by atoms with van der Waals surface area (Å²) in [6, 6.07) is 14.5. The van der Waals surface area contributed by atoms with Crippen molar-refractivity contribution in [3.05, 3.63) is 66.6 Å². The van der Waals surface area contributed by atoms with Crippen LogP contribution >= 0.6 is 0 Å². The molecule has 0 saturated heterocycles. The Morgan fingerprint density at radius 1 is 1.09 bits per heavy atom. The first kappa shape index (κ1) is 22.2. The number of rotatable bonds is 6. The van der Waals surface area contributed by atoms with Gasteiger partial charge in [-0.05, 0) is 67.8 Å². The van der Waals surface area contributed by atoms with E-state index in [2.05, 4.69) is 42.4 Å². The minimum Gasteiger partial charge on any atom is -0.457 e. The zero-order valence-electron chi connectivity index (χ0n) is 18.5. The zero-order chi connectivity index (χ0) is 23.9. The van der Waals surface area contributed by atoms with Crippen LogP contribution in [0.1, 0.15) is 12.5 Å². The maximum atomic E-state index is 11.8. The van der Waals surface area contributed by atoms with Gasteiger partial charge in [0.25, 0.3) is 5.91 Å². The summed E-state index contributed by atoms with van der Waals surface area (Å²) in [4.78, 5) is 28.6. The van der Waals surface area contributed by atoms with E-state index in [1.165, 1.54) is 12.7 Å². The Kier molecular flexibility index (Phi) is 6.60. The molecule has 0 radical (unpaired) electrons. The number of nitrogens with two attached hydrogens (primary N) is 1. The van der Waals surface area contributed by atoms with Crippen molar-refractivity contribution in [1.29, 1.82) is 0 Å². The van der Waals surface area contributed by atoms with E-state index < -0.39 is 0 Å². The Labute approximate surface area is 196 Å². The van der Waals surface area contributed by atoms with Crippen molar-refractivity contribution in [2.75, 3.05) is 10.6 Å². The van der Waals surface area contributed by atoms with E-state index >= 15 is 0 Å². The van der Waals surface area contributed by atoms with Gasteiger partial charge in [-0.25, -0.2) is 19.9 Å². The molecule has 9 heteroatoms. The van der Waals surface area contributed by atoms with Gasteiger partial charge in [-0.1, -0.05) is 5.92 Å². The van der Waals surface area contributed by atoms with Crippen molar-refractivity contribution < 1.29 is 9.53 Å². The Hall–Kier alpha value is -4.97. The van der Waals surface area contributed by atoms with Crippen molar-refractivity contribution in [2.24, 2.45) is 10.7 Å². The number of benzene rings is 2. The van der Waals surface area contributed by atoms with Crippen molar-refractivity contribution in [2.45, 2.75) is 13.8 Å². The van der Waals surface area contributed by atoms with Crippen LogP contribution in [0.3, 0.4) is 0 Å². The number of amides is 1. The molecule has 0 bridgehead atoms.